The van der Waals surface area contributed by atoms with Crippen LogP contribution in [-0.4, -0.2) is 44.7 Å². The molecule has 1 fully saturated rings. The quantitative estimate of drug-likeness (QED) is 0.816. The number of ether oxygens (including phenoxy) is 2. The van der Waals surface area contributed by atoms with E-state index in [-0.39, 0.29) is 5.91 Å². The van der Waals surface area contributed by atoms with Crippen LogP contribution in [0.3, 0.4) is 0 Å². The molecular formula is C22H28N2O3. The van der Waals surface area contributed by atoms with E-state index in [2.05, 4.69) is 12.1 Å². The minimum Gasteiger partial charge on any atom is -0.493 e. The molecule has 0 saturated carbocycles. The first-order valence-electron chi connectivity index (χ1n) is 9.40. The Morgan fingerprint density at radius 1 is 1.07 bits per heavy atom. The Kier molecular flexibility index (Phi) is 6.35. The molecule has 0 spiro atoms. The Labute approximate surface area is 161 Å². The largest absolute Gasteiger partial charge is 0.493 e. The molecule has 2 atom stereocenters. The molecule has 0 aromatic heterocycles. The second-order valence-electron chi connectivity index (χ2n) is 7.00. The number of carbonyl (C=O) groups is 1. The fraction of sp³-hybridized carbons (Fsp3) is 0.409. The Morgan fingerprint density at radius 3 is 2.48 bits per heavy atom. The van der Waals surface area contributed by atoms with Gasteiger partial charge in [-0.25, -0.2) is 0 Å². The van der Waals surface area contributed by atoms with Crippen LogP contribution >= 0.6 is 0 Å². The number of carbonyl (C=O) groups excluding carboxylic acids is 1. The van der Waals surface area contributed by atoms with Gasteiger partial charge in [0.2, 0.25) is 5.91 Å². The van der Waals surface area contributed by atoms with Gasteiger partial charge in [0.25, 0.3) is 0 Å². The monoisotopic (exact) mass is 368 g/mol. The summed E-state index contributed by atoms with van der Waals surface area (Å²) in [5.74, 6) is 2.21. The van der Waals surface area contributed by atoms with Gasteiger partial charge in [0.1, 0.15) is 0 Å². The number of aryl methyl sites for hydroxylation is 1. The fourth-order valence-electron chi connectivity index (χ4n) is 3.84. The molecule has 0 bridgehead atoms. The zero-order valence-corrected chi connectivity index (χ0v) is 16.1. The Balaban J connectivity index is 1.62. The van der Waals surface area contributed by atoms with Crippen molar-refractivity contribution in [1.29, 1.82) is 0 Å². The summed E-state index contributed by atoms with van der Waals surface area (Å²) < 4.78 is 10.6. The van der Waals surface area contributed by atoms with Crippen LogP contribution in [0, 0.1) is 5.92 Å². The van der Waals surface area contributed by atoms with Gasteiger partial charge in [-0.15, -0.1) is 0 Å². The zero-order chi connectivity index (χ0) is 19.2. The van der Waals surface area contributed by atoms with Gasteiger partial charge in [-0.1, -0.05) is 36.4 Å². The number of amides is 1. The predicted molar refractivity (Wildman–Crippen MR) is 106 cm³/mol. The molecule has 2 aromatic carbocycles. The highest BCUT2D eigenvalue weighted by Gasteiger charge is 2.34. The van der Waals surface area contributed by atoms with Gasteiger partial charge in [-0.2, -0.15) is 0 Å². The second kappa shape index (κ2) is 8.91. The van der Waals surface area contributed by atoms with Crippen LogP contribution in [0.2, 0.25) is 0 Å². The van der Waals surface area contributed by atoms with Crippen LogP contribution in [0.1, 0.15) is 23.5 Å². The summed E-state index contributed by atoms with van der Waals surface area (Å²) in [6.45, 7) is 2.08. The highest BCUT2D eigenvalue weighted by molar-refractivity contribution is 5.77. The number of benzene rings is 2. The van der Waals surface area contributed by atoms with E-state index in [0.717, 1.165) is 18.7 Å². The van der Waals surface area contributed by atoms with Crippen molar-refractivity contribution in [2.75, 3.05) is 33.9 Å². The maximum atomic E-state index is 12.8. The lowest BCUT2D eigenvalue weighted by atomic mass is 9.89. The lowest BCUT2D eigenvalue weighted by Gasteiger charge is -2.17. The van der Waals surface area contributed by atoms with Gasteiger partial charge < -0.3 is 20.1 Å². The Morgan fingerprint density at radius 2 is 1.81 bits per heavy atom. The smallest absolute Gasteiger partial charge is 0.222 e. The van der Waals surface area contributed by atoms with E-state index in [4.69, 9.17) is 15.2 Å². The summed E-state index contributed by atoms with van der Waals surface area (Å²) >= 11 is 0. The van der Waals surface area contributed by atoms with E-state index in [0.29, 0.717) is 42.7 Å². The molecule has 0 radical (unpaired) electrons. The van der Waals surface area contributed by atoms with Crippen molar-refractivity contribution < 1.29 is 14.3 Å². The fourth-order valence-corrected chi connectivity index (χ4v) is 3.84. The van der Waals surface area contributed by atoms with E-state index in [1.165, 1.54) is 5.56 Å². The van der Waals surface area contributed by atoms with Crippen molar-refractivity contribution in [3.63, 3.8) is 0 Å². The van der Waals surface area contributed by atoms with Crippen LogP contribution in [0.5, 0.6) is 11.5 Å². The Bertz CT molecular complexity index is 763. The third-order valence-electron chi connectivity index (χ3n) is 5.40. The van der Waals surface area contributed by atoms with Gasteiger partial charge in [-0.05, 0) is 42.1 Å². The standard InChI is InChI=1S/C22H28N2O3/c1-26-20-10-8-16(12-21(20)27-2)9-11-22(25)24-14-18(13-23)19(15-24)17-6-4-3-5-7-17/h3-8,10,12,18-19H,9,11,13-15,23H2,1-2H3/t18-,19+/m1/s1. The van der Waals surface area contributed by atoms with Crippen LogP contribution in [0.15, 0.2) is 48.5 Å². The van der Waals surface area contributed by atoms with E-state index in [9.17, 15) is 4.79 Å². The van der Waals surface area contributed by atoms with Gasteiger partial charge >= 0.3 is 0 Å². The number of likely N-dealkylation sites (tertiary alicyclic amines) is 1. The van der Waals surface area contributed by atoms with Crippen molar-refractivity contribution in [1.82, 2.24) is 4.90 Å². The number of rotatable bonds is 7. The van der Waals surface area contributed by atoms with Crippen LogP contribution in [0.25, 0.3) is 0 Å². The SMILES string of the molecule is COc1ccc(CCC(=O)N2C[C@@H](CN)[C@H](c3ccccc3)C2)cc1OC. The first-order chi connectivity index (χ1) is 13.2. The van der Waals surface area contributed by atoms with E-state index < -0.39 is 0 Å². The first kappa shape index (κ1) is 19.2. The molecule has 1 aliphatic rings. The summed E-state index contributed by atoms with van der Waals surface area (Å²) in [7, 11) is 3.24. The highest BCUT2D eigenvalue weighted by atomic mass is 16.5. The van der Waals surface area contributed by atoms with Crippen LogP contribution in [0.4, 0.5) is 0 Å². The molecule has 2 aromatic rings. The number of hydrogen-bond donors (Lipinski definition) is 1. The average Bonchev–Trinajstić information content (AvgIpc) is 3.17. The molecule has 1 amide bonds. The van der Waals surface area contributed by atoms with E-state index in [1.807, 2.05) is 41.3 Å². The van der Waals surface area contributed by atoms with Crippen molar-refractivity contribution in [2.24, 2.45) is 11.7 Å². The van der Waals surface area contributed by atoms with E-state index in [1.54, 1.807) is 14.2 Å². The maximum absolute atomic E-state index is 12.8. The van der Waals surface area contributed by atoms with Gasteiger partial charge in [0, 0.05) is 25.4 Å². The summed E-state index contributed by atoms with van der Waals surface area (Å²) in [5, 5.41) is 0. The van der Waals surface area contributed by atoms with Crippen molar-refractivity contribution in [2.45, 2.75) is 18.8 Å². The minimum absolute atomic E-state index is 0.182. The maximum Gasteiger partial charge on any atom is 0.222 e. The minimum atomic E-state index is 0.182. The first-order valence-corrected chi connectivity index (χ1v) is 9.40. The molecule has 3 rings (SSSR count). The molecule has 27 heavy (non-hydrogen) atoms. The molecule has 1 heterocycles. The van der Waals surface area contributed by atoms with Crippen molar-refractivity contribution >= 4 is 5.91 Å². The molecular weight excluding hydrogens is 340 g/mol. The lowest BCUT2D eigenvalue weighted by molar-refractivity contribution is -0.130. The van der Waals surface area contributed by atoms with Crippen molar-refractivity contribution in [3.05, 3.63) is 59.7 Å². The van der Waals surface area contributed by atoms with Gasteiger partial charge in [0.15, 0.2) is 11.5 Å². The number of methoxy groups -OCH3 is 2. The number of hydrogen-bond acceptors (Lipinski definition) is 4. The molecule has 5 nitrogen and oxygen atoms in total. The molecule has 5 heteroatoms. The third kappa shape index (κ3) is 4.42. The number of nitrogens with two attached hydrogens (primary N) is 1. The van der Waals surface area contributed by atoms with Crippen molar-refractivity contribution in [3.8, 4) is 11.5 Å². The summed E-state index contributed by atoms with van der Waals surface area (Å²) in [4.78, 5) is 14.7. The highest BCUT2D eigenvalue weighted by Crippen LogP contribution is 2.33. The van der Waals surface area contributed by atoms with Gasteiger partial charge in [-0.3, -0.25) is 4.79 Å². The predicted octanol–water partition coefficient (Wildman–Crippen LogP) is 2.84. The topological polar surface area (TPSA) is 64.8 Å². The molecule has 1 saturated heterocycles. The zero-order valence-electron chi connectivity index (χ0n) is 16.1. The summed E-state index contributed by atoms with van der Waals surface area (Å²) in [6, 6.07) is 16.2. The summed E-state index contributed by atoms with van der Waals surface area (Å²) in [5.41, 5.74) is 8.32. The average molecular weight is 368 g/mol. The van der Waals surface area contributed by atoms with E-state index >= 15 is 0 Å². The number of nitrogens with zero attached hydrogens (tertiary/aromatic N) is 1. The molecule has 0 unspecified atom stereocenters. The molecule has 2 N–H and O–H groups in total. The second-order valence-corrected chi connectivity index (χ2v) is 7.00. The summed E-state index contributed by atoms with van der Waals surface area (Å²) in [6.07, 6.45) is 1.16. The van der Waals surface area contributed by atoms with Crippen LogP contribution in [-0.2, 0) is 11.2 Å². The van der Waals surface area contributed by atoms with Gasteiger partial charge in [0.05, 0.1) is 14.2 Å². The Hall–Kier alpha value is -2.53. The normalized spacial score (nSPS) is 19.1. The van der Waals surface area contributed by atoms with Crippen LogP contribution < -0.4 is 15.2 Å². The molecule has 0 aliphatic carbocycles. The molecule has 1 aliphatic heterocycles. The lowest BCUT2D eigenvalue weighted by Crippen LogP contribution is -2.30. The third-order valence-corrected chi connectivity index (χ3v) is 5.40. The molecule has 144 valence electrons.